The topological polar surface area (TPSA) is 92.2 Å². The number of hydrogen-bond acceptors (Lipinski definition) is 4. The SMILES string of the molecule is O=C(NCc1cn2cccc(F)c2n1)c1ccc2cn[nH]c(=O)c2c1. The summed E-state index contributed by atoms with van der Waals surface area (Å²) in [5.41, 5.74) is 0.722. The van der Waals surface area contributed by atoms with Gasteiger partial charge < -0.3 is 9.72 Å². The van der Waals surface area contributed by atoms with Crippen molar-refractivity contribution >= 4 is 22.3 Å². The average Bonchev–Trinajstić information content (AvgIpc) is 3.04. The van der Waals surface area contributed by atoms with Gasteiger partial charge in [0, 0.05) is 23.3 Å². The molecule has 0 atom stereocenters. The maximum Gasteiger partial charge on any atom is 0.272 e. The Morgan fingerprint density at radius 1 is 1.32 bits per heavy atom. The third kappa shape index (κ3) is 2.74. The maximum absolute atomic E-state index is 13.6. The van der Waals surface area contributed by atoms with Gasteiger partial charge in [-0.25, -0.2) is 14.5 Å². The van der Waals surface area contributed by atoms with Gasteiger partial charge in [-0.3, -0.25) is 9.59 Å². The molecule has 0 fully saturated rings. The number of aromatic amines is 1. The predicted molar refractivity (Wildman–Crippen MR) is 88.7 cm³/mol. The normalized spacial score (nSPS) is 11.1. The molecule has 2 N–H and O–H groups in total. The molecule has 0 aliphatic carbocycles. The van der Waals surface area contributed by atoms with Crippen molar-refractivity contribution in [3.05, 3.63) is 76.4 Å². The number of imidazole rings is 1. The van der Waals surface area contributed by atoms with Crippen LogP contribution in [0.1, 0.15) is 16.1 Å². The molecule has 25 heavy (non-hydrogen) atoms. The van der Waals surface area contributed by atoms with Gasteiger partial charge in [-0.05, 0) is 24.3 Å². The molecule has 0 aliphatic rings. The fourth-order valence-electron chi connectivity index (χ4n) is 2.61. The molecule has 3 heterocycles. The molecule has 0 spiro atoms. The van der Waals surface area contributed by atoms with E-state index in [-0.39, 0.29) is 23.7 Å². The highest BCUT2D eigenvalue weighted by atomic mass is 19.1. The molecular weight excluding hydrogens is 325 g/mol. The first-order valence-electron chi connectivity index (χ1n) is 7.49. The molecule has 0 aliphatic heterocycles. The highest BCUT2D eigenvalue weighted by molar-refractivity contribution is 5.98. The zero-order valence-corrected chi connectivity index (χ0v) is 12.9. The number of rotatable bonds is 3. The average molecular weight is 337 g/mol. The van der Waals surface area contributed by atoms with Gasteiger partial charge in [0.15, 0.2) is 11.5 Å². The van der Waals surface area contributed by atoms with Gasteiger partial charge >= 0.3 is 0 Å². The minimum atomic E-state index is -0.428. The quantitative estimate of drug-likeness (QED) is 0.594. The van der Waals surface area contributed by atoms with E-state index in [2.05, 4.69) is 20.5 Å². The van der Waals surface area contributed by atoms with Crippen LogP contribution in [0.4, 0.5) is 4.39 Å². The molecule has 1 amide bonds. The fraction of sp³-hybridized carbons (Fsp3) is 0.0588. The Hall–Kier alpha value is -3.55. The van der Waals surface area contributed by atoms with Crippen molar-refractivity contribution < 1.29 is 9.18 Å². The molecule has 124 valence electrons. The Morgan fingerprint density at radius 2 is 2.20 bits per heavy atom. The van der Waals surface area contributed by atoms with E-state index in [0.29, 0.717) is 22.0 Å². The Balaban J connectivity index is 1.56. The summed E-state index contributed by atoms with van der Waals surface area (Å²) >= 11 is 0. The molecule has 4 rings (SSSR count). The second-order valence-corrected chi connectivity index (χ2v) is 5.50. The van der Waals surface area contributed by atoms with Crippen LogP contribution >= 0.6 is 0 Å². The highest BCUT2D eigenvalue weighted by Gasteiger charge is 2.10. The van der Waals surface area contributed by atoms with Crippen LogP contribution in [-0.4, -0.2) is 25.5 Å². The summed E-state index contributed by atoms with van der Waals surface area (Å²) in [5.74, 6) is -0.780. The molecule has 0 radical (unpaired) electrons. The first-order chi connectivity index (χ1) is 12.1. The number of hydrogen-bond donors (Lipinski definition) is 2. The number of fused-ring (bicyclic) bond motifs is 2. The largest absolute Gasteiger partial charge is 0.346 e. The lowest BCUT2D eigenvalue weighted by atomic mass is 10.1. The van der Waals surface area contributed by atoms with Crippen molar-refractivity contribution in [3.63, 3.8) is 0 Å². The number of carbonyl (C=O) groups is 1. The minimum Gasteiger partial charge on any atom is -0.346 e. The van der Waals surface area contributed by atoms with Crippen LogP contribution in [0.25, 0.3) is 16.4 Å². The van der Waals surface area contributed by atoms with Crippen LogP contribution in [0.5, 0.6) is 0 Å². The second-order valence-electron chi connectivity index (χ2n) is 5.50. The second kappa shape index (κ2) is 5.82. The molecule has 0 bridgehead atoms. The number of nitrogens with zero attached hydrogens (tertiary/aromatic N) is 3. The van der Waals surface area contributed by atoms with Crippen LogP contribution in [0.15, 0.2) is 53.7 Å². The summed E-state index contributed by atoms with van der Waals surface area (Å²) in [6.07, 6.45) is 4.85. The summed E-state index contributed by atoms with van der Waals surface area (Å²) in [4.78, 5) is 28.2. The van der Waals surface area contributed by atoms with Crippen molar-refractivity contribution in [1.29, 1.82) is 0 Å². The number of H-pyrrole nitrogens is 1. The Kier molecular flexibility index (Phi) is 3.50. The lowest BCUT2D eigenvalue weighted by Gasteiger charge is -2.04. The molecule has 7 nitrogen and oxygen atoms in total. The van der Waals surface area contributed by atoms with Crippen molar-refractivity contribution in [2.75, 3.05) is 0 Å². The third-order valence-corrected chi connectivity index (χ3v) is 3.84. The summed E-state index contributed by atoms with van der Waals surface area (Å²) in [6.45, 7) is 0.144. The van der Waals surface area contributed by atoms with E-state index in [9.17, 15) is 14.0 Å². The molecule has 8 heteroatoms. The molecule has 3 aromatic heterocycles. The zero-order chi connectivity index (χ0) is 17.4. The summed E-state index contributed by atoms with van der Waals surface area (Å²) in [5, 5.41) is 9.79. The van der Waals surface area contributed by atoms with Crippen LogP contribution < -0.4 is 10.9 Å². The van der Waals surface area contributed by atoms with E-state index < -0.39 is 5.82 Å². The van der Waals surface area contributed by atoms with Crippen LogP contribution in [0.2, 0.25) is 0 Å². The van der Waals surface area contributed by atoms with E-state index in [1.807, 2.05) is 0 Å². The first kappa shape index (κ1) is 15.0. The van der Waals surface area contributed by atoms with Gasteiger partial charge in [0.05, 0.1) is 23.8 Å². The van der Waals surface area contributed by atoms with Crippen molar-refractivity contribution in [2.45, 2.75) is 6.54 Å². The van der Waals surface area contributed by atoms with Gasteiger partial charge in [0.1, 0.15) is 0 Å². The van der Waals surface area contributed by atoms with Gasteiger partial charge in [-0.2, -0.15) is 5.10 Å². The minimum absolute atomic E-state index is 0.144. The van der Waals surface area contributed by atoms with Gasteiger partial charge in [0.2, 0.25) is 0 Å². The van der Waals surface area contributed by atoms with E-state index in [0.717, 1.165) is 0 Å². The van der Waals surface area contributed by atoms with E-state index >= 15 is 0 Å². The molecule has 0 saturated heterocycles. The van der Waals surface area contributed by atoms with Crippen LogP contribution in [-0.2, 0) is 6.54 Å². The summed E-state index contributed by atoms with van der Waals surface area (Å²) in [7, 11) is 0. The number of benzene rings is 1. The Labute approximate surface area is 140 Å². The highest BCUT2D eigenvalue weighted by Crippen LogP contribution is 2.12. The predicted octanol–water partition coefficient (Wildman–Crippen LogP) is 1.64. The van der Waals surface area contributed by atoms with Crippen molar-refractivity contribution in [2.24, 2.45) is 0 Å². The van der Waals surface area contributed by atoms with Gasteiger partial charge in [-0.1, -0.05) is 6.07 Å². The van der Waals surface area contributed by atoms with E-state index in [1.165, 1.54) is 18.3 Å². The van der Waals surface area contributed by atoms with Gasteiger partial charge in [0.25, 0.3) is 11.5 Å². The molecule has 0 saturated carbocycles. The molecule has 1 aromatic carbocycles. The lowest BCUT2D eigenvalue weighted by Crippen LogP contribution is -2.23. The number of aromatic nitrogens is 4. The Bertz CT molecular complexity index is 1160. The summed E-state index contributed by atoms with van der Waals surface area (Å²) < 4.78 is 15.2. The number of halogens is 1. The van der Waals surface area contributed by atoms with Crippen molar-refractivity contribution in [3.8, 4) is 0 Å². The number of pyridine rings is 1. The smallest absolute Gasteiger partial charge is 0.272 e. The van der Waals surface area contributed by atoms with Crippen LogP contribution in [0.3, 0.4) is 0 Å². The first-order valence-corrected chi connectivity index (χ1v) is 7.49. The fourth-order valence-corrected chi connectivity index (χ4v) is 2.61. The lowest BCUT2D eigenvalue weighted by molar-refractivity contribution is 0.0950. The van der Waals surface area contributed by atoms with Crippen molar-refractivity contribution in [1.82, 2.24) is 24.9 Å². The molecule has 0 unspecified atom stereocenters. The monoisotopic (exact) mass is 337 g/mol. The Morgan fingerprint density at radius 3 is 3.04 bits per heavy atom. The number of nitrogens with one attached hydrogen (secondary N) is 2. The molecular formula is C17H12FN5O2. The zero-order valence-electron chi connectivity index (χ0n) is 12.9. The third-order valence-electron chi connectivity index (χ3n) is 3.84. The standard InChI is InChI=1S/C17H12FN5O2/c18-14-2-1-5-23-9-12(21-15(14)23)8-19-16(24)10-3-4-11-7-20-22-17(25)13(11)6-10/h1-7,9H,8H2,(H,19,24)(H,22,25). The number of amides is 1. The van der Waals surface area contributed by atoms with E-state index in [4.69, 9.17) is 0 Å². The van der Waals surface area contributed by atoms with E-state index in [1.54, 1.807) is 35.0 Å². The molecule has 4 aromatic rings. The maximum atomic E-state index is 13.6. The number of carbonyl (C=O) groups excluding carboxylic acids is 1. The summed E-state index contributed by atoms with van der Waals surface area (Å²) in [6, 6.07) is 7.68. The van der Waals surface area contributed by atoms with Gasteiger partial charge in [-0.15, -0.1) is 0 Å². The van der Waals surface area contributed by atoms with Crippen LogP contribution in [0, 0.1) is 5.82 Å².